The smallest absolute Gasteiger partial charge is 0.324 e. The first-order valence-corrected chi connectivity index (χ1v) is 6.34. The molecule has 1 aromatic heterocycles. The SMILES string of the molecule is CCN(c1cc(C(F)(F)F)nc(Cl)n1)c1ccccc1F. The fraction of sp³-hybridized carbons (Fsp3) is 0.231. The lowest BCUT2D eigenvalue weighted by Crippen LogP contribution is -2.20. The predicted molar refractivity (Wildman–Crippen MR) is 71.1 cm³/mol. The number of para-hydroxylation sites is 1. The van der Waals surface area contributed by atoms with Crippen LogP contribution >= 0.6 is 11.6 Å². The maximum Gasteiger partial charge on any atom is 0.433 e. The van der Waals surface area contributed by atoms with Crippen LogP contribution in [0, 0.1) is 5.82 Å². The predicted octanol–water partition coefficient (Wildman–Crippen LogP) is 4.45. The molecule has 0 aliphatic carbocycles. The van der Waals surface area contributed by atoms with Crippen LogP contribution in [-0.2, 0) is 6.18 Å². The molecule has 0 aliphatic rings. The molecule has 0 radical (unpaired) electrons. The Hall–Kier alpha value is -1.89. The molecule has 0 saturated carbocycles. The van der Waals surface area contributed by atoms with Gasteiger partial charge >= 0.3 is 6.18 Å². The summed E-state index contributed by atoms with van der Waals surface area (Å²) in [6.07, 6.45) is -4.66. The lowest BCUT2D eigenvalue weighted by Gasteiger charge is -2.23. The van der Waals surface area contributed by atoms with Crippen molar-refractivity contribution >= 4 is 23.1 Å². The number of anilines is 2. The third-order valence-corrected chi connectivity index (χ3v) is 2.88. The van der Waals surface area contributed by atoms with Gasteiger partial charge in [-0.2, -0.15) is 13.2 Å². The van der Waals surface area contributed by atoms with E-state index in [-0.39, 0.29) is 18.1 Å². The molecular formula is C13H10ClF4N3. The minimum absolute atomic E-state index is 0.114. The van der Waals surface area contributed by atoms with Gasteiger partial charge in [0.05, 0.1) is 5.69 Å². The van der Waals surface area contributed by atoms with E-state index in [9.17, 15) is 17.6 Å². The minimum atomic E-state index is -4.66. The highest BCUT2D eigenvalue weighted by Crippen LogP contribution is 2.33. The van der Waals surface area contributed by atoms with E-state index in [0.717, 1.165) is 6.07 Å². The van der Waals surface area contributed by atoms with Gasteiger partial charge in [0.2, 0.25) is 5.28 Å². The summed E-state index contributed by atoms with van der Waals surface area (Å²) in [7, 11) is 0. The Balaban J connectivity index is 2.53. The van der Waals surface area contributed by atoms with Crippen molar-refractivity contribution in [1.82, 2.24) is 9.97 Å². The Morgan fingerprint density at radius 3 is 2.43 bits per heavy atom. The zero-order valence-corrected chi connectivity index (χ0v) is 11.6. The van der Waals surface area contributed by atoms with Crippen molar-refractivity contribution in [3.63, 3.8) is 0 Å². The molecule has 0 atom stereocenters. The van der Waals surface area contributed by atoms with Crippen molar-refractivity contribution in [1.29, 1.82) is 0 Å². The molecule has 1 aromatic carbocycles. The number of hydrogen-bond acceptors (Lipinski definition) is 3. The molecule has 0 fully saturated rings. The molecule has 0 unspecified atom stereocenters. The van der Waals surface area contributed by atoms with Gasteiger partial charge in [-0.05, 0) is 30.7 Å². The van der Waals surface area contributed by atoms with Crippen molar-refractivity contribution in [2.45, 2.75) is 13.1 Å². The van der Waals surface area contributed by atoms with Gasteiger partial charge in [-0.25, -0.2) is 14.4 Å². The molecule has 2 aromatic rings. The number of benzene rings is 1. The molecule has 21 heavy (non-hydrogen) atoms. The lowest BCUT2D eigenvalue weighted by molar-refractivity contribution is -0.141. The highest BCUT2D eigenvalue weighted by molar-refractivity contribution is 6.28. The van der Waals surface area contributed by atoms with E-state index in [1.54, 1.807) is 13.0 Å². The number of rotatable bonds is 3. The van der Waals surface area contributed by atoms with Crippen LogP contribution in [0.25, 0.3) is 0 Å². The van der Waals surface area contributed by atoms with Crippen LogP contribution in [0.4, 0.5) is 29.1 Å². The van der Waals surface area contributed by atoms with Gasteiger partial charge in [0.15, 0.2) is 5.69 Å². The first-order valence-electron chi connectivity index (χ1n) is 5.96. The second-order valence-corrected chi connectivity index (χ2v) is 4.41. The molecule has 0 bridgehead atoms. The third-order valence-electron chi connectivity index (χ3n) is 2.71. The highest BCUT2D eigenvalue weighted by atomic mass is 35.5. The molecule has 3 nitrogen and oxygen atoms in total. The summed E-state index contributed by atoms with van der Waals surface area (Å²) in [6.45, 7) is 1.88. The minimum Gasteiger partial charge on any atom is -0.324 e. The van der Waals surface area contributed by atoms with Crippen LogP contribution < -0.4 is 4.90 Å². The zero-order valence-electron chi connectivity index (χ0n) is 10.8. The fourth-order valence-corrected chi connectivity index (χ4v) is 1.99. The zero-order chi connectivity index (χ0) is 15.6. The first-order chi connectivity index (χ1) is 9.82. The standard InChI is InChI=1S/C13H10ClF4N3/c1-2-21(9-6-4-3-5-8(9)15)11-7-10(13(16,17)18)19-12(14)20-11/h3-7H,2H2,1H3. The Bertz CT molecular complexity index is 646. The molecular weight excluding hydrogens is 310 g/mol. The summed E-state index contributed by atoms with van der Waals surface area (Å²) < 4.78 is 52.1. The van der Waals surface area contributed by atoms with Crippen LogP contribution in [0.3, 0.4) is 0 Å². The molecule has 8 heteroatoms. The monoisotopic (exact) mass is 319 g/mol. The number of halogens is 5. The average molecular weight is 320 g/mol. The first kappa shape index (κ1) is 15.5. The lowest BCUT2D eigenvalue weighted by atomic mass is 10.2. The van der Waals surface area contributed by atoms with E-state index in [1.165, 1.54) is 23.1 Å². The van der Waals surface area contributed by atoms with E-state index in [0.29, 0.717) is 0 Å². The van der Waals surface area contributed by atoms with Gasteiger partial charge in [0, 0.05) is 12.6 Å². The van der Waals surface area contributed by atoms with Crippen molar-refractivity contribution < 1.29 is 17.6 Å². The normalized spacial score (nSPS) is 11.5. The van der Waals surface area contributed by atoms with Crippen LogP contribution in [0.5, 0.6) is 0 Å². The summed E-state index contributed by atoms with van der Waals surface area (Å²) in [4.78, 5) is 8.19. The van der Waals surface area contributed by atoms with Gasteiger partial charge in [0.1, 0.15) is 11.6 Å². The molecule has 0 saturated heterocycles. The van der Waals surface area contributed by atoms with E-state index < -0.39 is 23.0 Å². The summed E-state index contributed by atoms with van der Waals surface area (Å²) in [5.74, 6) is -0.683. The third kappa shape index (κ3) is 3.41. The topological polar surface area (TPSA) is 29.0 Å². The second-order valence-electron chi connectivity index (χ2n) is 4.07. The van der Waals surface area contributed by atoms with Gasteiger partial charge < -0.3 is 4.90 Å². The summed E-state index contributed by atoms with van der Waals surface area (Å²) in [6, 6.07) is 6.46. The van der Waals surface area contributed by atoms with Gasteiger partial charge in [-0.15, -0.1) is 0 Å². The molecule has 112 valence electrons. The van der Waals surface area contributed by atoms with Crippen molar-refractivity contribution in [2.24, 2.45) is 0 Å². The van der Waals surface area contributed by atoms with Crippen LogP contribution in [0.1, 0.15) is 12.6 Å². The number of aromatic nitrogens is 2. The second kappa shape index (κ2) is 5.85. The maximum absolute atomic E-state index is 13.8. The molecule has 0 N–H and O–H groups in total. The van der Waals surface area contributed by atoms with Gasteiger partial charge in [-0.1, -0.05) is 12.1 Å². The van der Waals surface area contributed by atoms with Crippen LogP contribution in [0.15, 0.2) is 30.3 Å². The Kier molecular flexibility index (Phi) is 4.32. The Morgan fingerprint density at radius 1 is 1.19 bits per heavy atom. The summed E-state index contributed by atoms with van der Waals surface area (Å²) in [5.41, 5.74) is -1.06. The van der Waals surface area contributed by atoms with Crippen molar-refractivity contribution in [2.75, 3.05) is 11.4 Å². The fourth-order valence-electron chi connectivity index (χ4n) is 1.82. The largest absolute Gasteiger partial charge is 0.433 e. The summed E-state index contributed by atoms with van der Waals surface area (Å²) in [5, 5.41) is -0.547. The van der Waals surface area contributed by atoms with E-state index in [1.807, 2.05) is 0 Å². The molecule has 2 rings (SSSR count). The van der Waals surface area contributed by atoms with Gasteiger partial charge in [-0.3, -0.25) is 0 Å². The molecule has 0 aliphatic heterocycles. The quantitative estimate of drug-likeness (QED) is 0.618. The van der Waals surface area contributed by atoms with E-state index in [2.05, 4.69) is 9.97 Å². The van der Waals surface area contributed by atoms with Crippen molar-refractivity contribution in [3.05, 3.63) is 47.1 Å². The van der Waals surface area contributed by atoms with Crippen molar-refractivity contribution in [3.8, 4) is 0 Å². The number of hydrogen-bond donors (Lipinski definition) is 0. The highest BCUT2D eigenvalue weighted by Gasteiger charge is 2.34. The Labute approximate surface area is 123 Å². The van der Waals surface area contributed by atoms with Crippen LogP contribution in [0.2, 0.25) is 5.28 Å². The maximum atomic E-state index is 13.8. The van der Waals surface area contributed by atoms with Gasteiger partial charge in [0.25, 0.3) is 0 Å². The summed E-state index contributed by atoms with van der Waals surface area (Å²) >= 11 is 5.54. The van der Waals surface area contributed by atoms with Crippen LogP contribution in [-0.4, -0.2) is 16.5 Å². The Morgan fingerprint density at radius 2 is 1.86 bits per heavy atom. The number of alkyl halides is 3. The number of nitrogens with zero attached hydrogens (tertiary/aromatic N) is 3. The van der Waals surface area contributed by atoms with E-state index >= 15 is 0 Å². The average Bonchev–Trinajstić information content (AvgIpc) is 2.40. The van der Waals surface area contributed by atoms with E-state index in [4.69, 9.17) is 11.6 Å². The molecule has 1 heterocycles. The molecule has 0 spiro atoms. The molecule has 0 amide bonds.